The lowest BCUT2D eigenvalue weighted by Crippen LogP contribution is -2.34. The first-order valence-electron chi connectivity index (χ1n) is 11.2. The molecule has 0 bridgehead atoms. The summed E-state index contributed by atoms with van der Waals surface area (Å²) in [5.74, 6) is 1.56. The van der Waals surface area contributed by atoms with Crippen LogP contribution in [0.25, 0.3) is 0 Å². The van der Waals surface area contributed by atoms with Crippen molar-refractivity contribution < 1.29 is 14.3 Å². The van der Waals surface area contributed by atoms with Gasteiger partial charge in [0, 0.05) is 10.2 Å². The Balaban J connectivity index is 1.88. The number of hydrogen-bond acceptors (Lipinski definition) is 4. The van der Waals surface area contributed by atoms with Crippen LogP contribution in [0, 0.1) is 5.92 Å². The first kappa shape index (κ1) is 26.1. The molecule has 2 N–H and O–H groups in total. The molecule has 2 aromatic rings. The van der Waals surface area contributed by atoms with E-state index in [2.05, 4.69) is 47.3 Å². The van der Waals surface area contributed by atoms with Crippen molar-refractivity contribution in [3.8, 4) is 11.5 Å². The molecule has 0 spiro atoms. The summed E-state index contributed by atoms with van der Waals surface area (Å²) in [6.45, 7) is 7.73. The van der Waals surface area contributed by atoms with E-state index in [0.29, 0.717) is 23.8 Å². The third-order valence-corrected chi connectivity index (χ3v) is 5.44. The Kier molecular flexibility index (Phi) is 11.5. The van der Waals surface area contributed by atoms with Crippen molar-refractivity contribution in [2.24, 2.45) is 5.92 Å². The number of hydrogen-bond donors (Lipinski definition) is 2. The third-order valence-electron chi connectivity index (χ3n) is 4.74. The molecule has 2 rings (SSSR count). The van der Waals surface area contributed by atoms with Gasteiger partial charge in [-0.05, 0) is 73.4 Å². The minimum absolute atomic E-state index is 0.219. The minimum atomic E-state index is -0.324. The van der Waals surface area contributed by atoms with E-state index in [1.54, 1.807) is 12.1 Å². The fourth-order valence-corrected chi connectivity index (χ4v) is 3.47. The fourth-order valence-electron chi connectivity index (χ4n) is 2.90. The Labute approximate surface area is 205 Å². The molecule has 0 aliphatic carbocycles. The van der Waals surface area contributed by atoms with Crippen LogP contribution in [0.5, 0.6) is 11.5 Å². The zero-order valence-corrected chi connectivity index (χ0v) is 21.5. The lowest BCUT2D eigenvalue weighted by molar-refractivity contribution is 0.0973. The summed E-state index contributed by atoms with van der Waals surface area (Å²) >= 11 is 8.74. The molecule has 0 saturated carbocycles. The van der Waals surface area contributed by atoms with Crippen molar-refractivity contribution in [1.29, 1.82) is 0 Å². The van der Waals surface area contributed by atoms with Gasteiger partial charge in [-0.1, -0.05) is 56.0 Å². The van der Waals surface area contributed by atoms with Crippen LogP contribution in [0.4, 0.5) is 5.69 Å². The molecule has 0 atom stereocenters. The highest BCUT2D eigenvalue weighted by Crippen LogP contribution is 2.24. The average Bonchev–Trinajstić information content (AvgIpc) is 2.75. The Hall–Kier alpha value is -2.12. The fraction of sp³-hybridized carbons (Fsp3) is 0.440. The molecule has 0 aliphatic heterocycles. The van der Waals surface area contributed by atoms with Crippen LogP contribution in [-0.2, 0) is 0 Å². The van der Waals surface area contributed by atoms with Gasteiger partial charge in [-0.2, -0.15) is 0 Å². The van der Waals surface area contributed by atoms with Crippen molar-refractivity contribution in [3.63, 3.8) is 0 Å². The Morgan fingerprint density at radius 2 is 1.78 bits per heavy atom. The van der Waals surface area contributed by atoms with Gasteiger partial charge in [0.15, 0.2) is 5.11 Å². The number of ether oxygens (including phenoxy) is 2. The molecule has 5 nitrogen and oxygen atoms in total. The molecule has 174 valence electrons. The number of unbranched alkanes of at least 4 members (excludes halogenated alkanes) is 3. The number of benzene rings is 2. The van der Waals surface area contributed by atoms with Crippen LogP contribution in [0.1, 0.15) is 63.2 Å². The van der Waals surface area contributed by atoms with Gasteiger partial charge >= 0.3 is 0 Å². The molecule has 1 amide bonds. The van der Waals surface area contributed by atoms with Crippen molar-refractivity contribution in [2.75, 3.05) is 18.5 Å². The van der Waals surface area contributed by atoms with E-state index in [0.717, 1.165) is 35.4 Å². The standard InChI is InChI=1S/C25H33BrN2O3S/c1-4-5-6-7-15-30-21-11-9-20(10-12-21)27-25(32)28-24(29)22-17-19(26)8-13-23(22)31-16-14-18(2)3/h8-13,17-18H,4-7,14-16H2,1-3H3,(H2,27,28,29,32). The SMILES string of the molecule is CCCCCCOc1ccc(NC(=S)NC(=O)c2cc(Br)ccc2OCCC(C)C)cc1. The lowest BCUT2D eigenvalue weighted by Gasteiger charge is -2.14. The summed E-state index contributed by atoms with van der Waals surface area (Å²) < 4.78 is 12.4. The lowest BCUT2D eigenvalue weighted by atomic mass is 10.1. The van der Waals surface area contributed by atoms with Gasteiger partial charge in [-0.15, -0.1) is 0 Å². The van der Waals surface area contributed by atoms with Gasteiger partial charge in [0.05, 0.1) is 18.8 Å². The predicted molar refractivity (Wildman–Crippen MR) is 139 cm³/mol. The second kappa shape index (κ2) is 14.1. The van der Waals surface area contributed by atoms with E-state index in [9.17, 15) is 4.79 Å². The molecule has 0 unspecified atom stereocenters. The predicted octanol–water partition coefficient (Wildman–Crippen LogP) is 6.96. The normalized spacial score (nSPS) is 10.7. The maximum atomic E-state index is 12.8. The quantitative estimate of drug-likeness (QED) is 0.234. The first-order chi connectivity index (χ1) is 15.4. The number of amides is 1. The highest BCUT2D eigenvalue weighted by molar-refractivity contribution is 9.10. The van der Waals surface area contributed by atoms with Gasteiger partial charge in [-0.3, -0.25) is 10.1 Å². The van der Waals surface area contributed by atoms with E-state index in [1.807, 2.05) is 30.3 Å². The molecule has 0 aromatic heterocycles. The van der Waals surface area contributed by atoms with Gasteiger partial charge in [-0.25, -0.2) is 0 Å². The Bertz CT molecular complexity index is 872. The smallest absolute Gasteiger partial charge is 0.261 e. The zero-order chi connectivity index (χ0) is 23.3. The van der Waals surface area contributed by atoms with Crippen LogP contribution in [0.15, 0.2) is 46.9 Å². The molecule has 2 aromatic carbocycles. The van der Waals surface area contributed by atoms with Crippen molar-refractivity contribution >= 4 is 44.9 Å². The summed E-state index contributed by atoms with van der Waals surface area (Å²) in [6.07, 6.45) is 5.61. The van der Waals surface area contributed by atoms with Crippen molar-refractivity contribution in [1.82, 2.24) is 5.32 Å². The number of rotatable bonds is 12. The monoisotopic (exact) mass is 520 g/mol. The molecule has 0 heterocycles. The largest absolute Gasteiger partial charge is 0.494 e. The van der Waals surface area contributed by atoms with Crippen molar-refractivity contribution in [2.45, 2.75) is 52.9 Å². The summed E-state index contributed by atoms with van der Waals surface area (Å²) in [6, 6.07) is 12.9. The number of carbonyl (C=O) groups excluding carboxylic acids is 1. The summed E-state index contributed by atoms with van der Waals surface area (Å²) in [4.78, 5) is 12.8. The Morgan fingerprint density at radius 1 is 1.03 bits per heavy atom. The Morgan fingerprint density at radius 3 is 2.47 bits per heavy atom. The molecule has 0 aliphatic rings. The molecule has 32 heavy (non-hydrogen) atoms. The summed E-state index contributed by atoms with van der Waals surface area (Å²) in [5, 5.41) is 5.99. The molecular formula is C25H33BrN2O3S. The topological polar surface area (TPSA) is 59.6 Å². The van der Waals surface area contributed by atoms with E-state index >= 15 is 0 Å². The number of anilines is 1. The van der Waals surface area contributed by atoms with E-state index in [-0.39, 0.29) is 11.0 Å². The summed E-state index contributed by atoms with van der Waals surface area (Å²) in [7, 11) is 0. The average molecular weight is 522 g/mol. The van der Waals surface area contributed by atoms with Gasteiger partial charge in [0.1, 0.15) is 11.5 Å². The summed E-state index contributed by atoms with van der Waals surface area (Å²) in [5.41, 5.74) is 1.20. The molecule has 0 saturated heterocycles. The van der Waals surface area contributed by atoms with Gasteiger partial charge < -0.3 is 14.8 Å². The molecule has 0 radical (unpaired) electrons. The highest BCUT2D eigenvalue weighted by atomic mass is 79.9. The zero-order valence-electron chi connectivity index (χ0n) is 19.1. The van der Waals surface area contributed by atoms with Crippen LogP contribution in [-0.4, -0.2) is 24.2 Å². The third kappa shape index (κ3) is 9.57. The maximum absolute atomic E-state index is 12.8. The molecule has 7 heteroatoms. The van der Waals surface area contributed by atoms with Crippen LogP contribution < -0.4 is 20.1 Å². The van der Waals surface area contributed by atoms with E-state index in [4.69, 9.17) is 21.7 Å². The van der Waals surface area contributed by atoms with E-state index in [1.165, 1.54) is 19.3 Å². The van der Waals surface area contributed by atoms with Crippen molar-refractivity contribution in [3.05, 3.63) is 52.5 Å². The number of carbonyl (C=O) groups is 1. The van der Waals surface area contributed by atoms with Crippen LogP contribution in [0.3, 0.4) is 0 Å². The van der Waals surface area contributed by atoms with E-state index < -0.39 is 0 Å². The van der Waals surface area contributed by atoms with Crippen LogP contribution >= 0.6 is 28.1 Å². The second-order valence-corrected chi connectivity index (χ2v) is 9.34. The second-order valence-electron chi connectivity index (χ2n) is 8.01. The number of nitrogens with one attached hydrogen (secondary N) is 2. The maximum Gasteiger partial charge on any atom is 0.261 e. The minimum Gasteiger partial charge on any atom is -0.494 e. The number of thiocarbonyl (C=S) groups is 1. The first-order valence-corrected chi connectivity index (χ1v) is 12.4. The van der Waals surface area contributed by atoms with Crippen LogP contribution in [0.2, 0.25) is 0 Å². The van der Waals surface area contributed by atoms with Gasteiger partial charge in [0.25, 0.3) is 5.91 Å². The molecule has 0 fully saturated rings. The van der Waals surface area contributed by atoms with Gasteiger partial charge in [0.2, 0.25) is 0 Å². The number of halogens is 1. The molecular weight excluding hydrogens is 488 g/mol. The highest BCUT2D eigenvalue weighted by Gasteiger charge is 2.15.